The summed E-state index contributed by atoms with van der Waals surface area (Å²) in [5.74, 6) is 1.65. The van der Waals surface area contributed by atoms with Crippen molar-refractivity contribution in [2.45, 2.75) is 40.3 Å². The lowest BCUT2D eigenvalue weighted by Crippen LogP contribution is -2.39. The molecular formula is C26H35N3O3. The largest absolute Gasteiger partial charge is 0.494 e. The molecule has 1 saturated heterocycles. The van der Waals surface area contributed by atoms with Gasteiger partial charge in [-0.1, -0.05) is 38.1 Å². The second-order valence-corrected chi connectivity index (χ2v) is 8.83. The Morgan fingerprint density at radius 2 is 1.62 bits per heavy atom. The van der Waals surface area contributed by atoms with Crippen LogP contribution in [-0.2, 0) is 17.9 Å². The number of hydrogen-bond donors (Lipinski definition) is 2. The third kappa shape index (κ3) is 7.09. The van der Waals surface area contributed by atoms with Crippen molar-refractivity contribution in [3.63, 3.8) is 0 Å². The maximum absolute atomic E-state index is 12.3. The number of rotatable bonds is 9. The molecule has 1 heterocycles. The molecule has 2 amide bonds. The summed E-state index contributed by atoms with van der Waals surface area (Å²) in [6.45, 7) is 10.6. The van der Waals surface area contributed by atoms with Gasteiger partial charge in [0.15, 0.2) is 0 Å². The van der Waals surface area contributed by atoms with Gasteiger partial charge in [-0.3, -0.25) is 14.5 Å². The van der Waals surface area contributed by atoms with Gasteiger partial charge in [-0.05, 0) is 60.6 Å². The van der Waals surface area contributed by atoms with Gasteiger partial charge in [-0.25, -0.2) is 0 Å². The number of likely N-dealkylation sites (tertiary alicyclic amines) is 1. The van der Waals surface area contributed by atoms with Crippen LogP contribution in [0.4, 0.5) is 0 Å². The molecule has 172 valence electrons. The van der Waals surface area contributed by atoms with Gasteiger partial charge >= 0.3 is 0 Å². The monoisotopic (exact) mass is 437 g/mol. The Morgan fingerprint density at radius 3 is 2.28 bits per heavy atom. The van der Waals surface area contributed by atoms with E-state index in [1.807, 2.05) is 13.0 Å². The molecule has 2 aromatic carbocycles. The fourth-order valence-electron chi connectivity index (χ4n) is 4.43. The van der Waals surface area contributed by atoms with E-state index in [0.717, 1.165) is 25.2 Å². The zero-order chi connectivity index (χ0) is 22.9. The number of ether oxygens (including phenoxy) is 1. The highest BCUT2D eigenvalue weighted by Crippen LogP contribution is 2.23. The van der Waals surface area contributed by atoms with Crippen molar-refractivity contribution in [3.8, 4) is 5.75 Å². The molecule has 2 atom stereocenters. The summed E-state index contributed by atoms with van der Waals surface area (Å²) in [5.41, 5.74) is 2.86. The van der Waals surface area contributed by atoms with E-state index in [1.54, 1.807) is 24.3 Å². The first-order valence-electron chi connectivity index (χ1n) is 11.5. The highest BCUT2D eigenvalue weighted by molar-refractivity contribution is 5.96. The van der Waals surface area contributed by atoms with Gasteiger partial charge in [0.1, 0.15) is 5.75 Å². The van der Waals surface area contributed by atoms with E-state index in [1.165, 1.54) is 12.0 Å². The van der Waals surface area contributed by atoms with Crippen LogP contribution in [0.2, 0.25) is 0 Å². The number of piperidine rings is 1. The van der Waals surface area contributed by atoms with Gasteiger partial charge in [-0.15, -0.1) is 0 Å². The Morgan fingerprint density at radius 1 is 0.969 bits per heavy atom. The van der Waals surface area contributed by atoms with Crippen molar-refractivity contribution in [2.24, 2.45) is 11.8 Å². The number of amides is 2. The van der Waals surface area contributed by atoms with Crippen molar-refractivity contribution >= 4 is 11.8 Å². The Kier molecular flexibility index (Phi) is 8.68. The van der Waals surface area contributed by atoms with E-state index in [-0.39, 0.29) is 18.4 Å². The molecule has 0 spiro atoms. The summed E-state index contributed by atoms with van der Waals surface area (Å²) in [7, 11) is 0. The number of nitrogens with one attached hydrogen (secondary N) is 2. The summed E-state index contributed by atoms with van der Waals surface area (Å²) in [6, 6.07) is 15.1. The van der Waals surface area contributed by atoms with Gasteiger partial charge in [-0.2, -0.15) is 0 Å². The molecule has 0 radical (unpaired) electrons. The van der Waals surface area contributed by atoms with E-state index in [9.17, 15) is 9.59 Å². The van der Waals surface area contributed by atoms with Crippen LogP contribution < -0.4 is 15.4 Å². The Hall–Kier alpha value is -2.86. The van der Waals surface area contributed by atoms with Crippen LogP contribution in [0.5, 0.6) is 5.75 Å². The van der Waals surface area contributed by atoms with Crippen molar-refractivity contribution in [1.82, 2.24) is 15.5 Å². The minimum absolute atomic E-state index is 0.0602. The van der Waals surface area contributed by atoms with Crippen LogP contribution in [0, 0.1) is 11.8 Å². The first kappa shape index (κ1) is 23.8. The molecule has 0 saturated carbocycles. The normalized spacial score (nSPS) is 18.7. The molecule has 0 aliphatic carbocycles. The van der Waals surface area contributed by atoms with Crippen molar-refractivity contribution in [3.05, 3.63) is 65.2 Å². The average Bonchev–Trinajstić information content (AvgIpc) is 2.77. The SMILES string of the molecule is CCOc1ccc(C(=O)NCC(=O)NCc2ccccc2CN2CC(C)CC(C)C2)cc1. The molecule has 2 unspecified atom stereocenters. The molecule has 2 N–H and O–H groups in total. The third-order valence-corrected chi connectivity index (χ3v) is 5.77. The topological polar surface area (TPSA) is 70.7 Å². The maximum Gasteiger partial charge on any atom is 0.251 e. The first-order valence-corrected chi connectivity index (χ1v) is 11.5. The second-order valence-electron chi connectivity index (χ2n) is 8.83. The highest BCUT2D eigenvalue weighted by atomic mass is 16.5. The predicted octanol–water partition coefficient (Wildman–Crippen LogP) is 3.61. The summed E-state index contributed by atoms with van der Waals surface area (Å²) in [4.78, 5) is 27.1. The fraction of sp³-hybridized carbons (Fsp3) is 0.462. The summed E-state index contributed by atoms with van der Waals surface area (Å²) in [6.07, 6.45) is 1.29. The van der Waals surface area contributed by atoms with E-state index >= 15 is 0 Å². The molecule has 0 bridgehead atoms. The molecule has 32 heavy (non-hydrogen) atoms. The summed E-state index contributed by atoms with van der Waals surface area (Å²) >= 11 is 0. The van der Waals surface area contributed by atoms with Crippen molar-refractivity contribution in [1.29, 1.82) is 0 Å². The number of carbonyl (C=O) groups is 2. The Labute approximate surface area is 191 Å². The van der Waals surface area contributed by atoms with Crippen LogP contribution in [0.1, 0.15) is 48.7 Å². The molecule has 1 aliphatic rings. The predicted molar refractivity (Wildman–Crippen MR) is 126 cm³/mol. The van der Waals surface area contributed by atoms with Crippen LogP contribution >= 0.6 is 0 Å². The van der Waals surface area contributed by atoms with Gasteiger partial charge in [0.2, 0.25) is 5.91 Å². The molecule has 3 rings (SSSR count). The highest BCUT2D eigenvalue weighted by Gasteiger charge is 2.22. The average molecular weight is 438 g/mol. The second kappa shape index (κ2) is 11.7. The molecule has 2 aromatic rings. The van der Waals surface area contributed by atoms with Crippen molar-refractivity contribution in [2.75, 3.05) is 26.2 Å². The van der Waals surface area contributed by atoms with Gasteiger partial charge < -0.3 is 15.4 Å². The lowest BCUT2D eigenvalue weighted by atomic mass is 9.91. The van der Waals surface area contributed by atoms with Crippen LogP contribution in [-0.4, -0.2) is 43.0 Å². The smallest absolute Gasteiger partial charge is 0.251 e. The molecule has 6 nitrogen and oxygen atoms in total. The molecule has 1 fully saturated rings. The summed E-state index contributed by atoms with van der Waals surface area (Å²) < 4.78 is 5.38. The maximum atomic E-state index is 12.3. The van der Waals surface area contributed by atoms with Crippen molar-refractivity contribution < 1.29 is 14.3 Å². The number of nitrogens with zero attached hydrogens (tertiary/aromatic N) is 1. The van der Waals surface area contributed by atoms with Gasteiger partial charge in [0.05, 0.1) is 13.2 Å². The van der Waals surface area contributed by atoms with E-state index in [0.29, 0.717) is 36.3 Å². The molecular weight excluding hydrogens is 402 g/mol. The number of benzene rings is 2. The van der Waals surface area contributed by atoms with Gasteiger partial charge in [0, 0.05) is 31.7 Å². The van der Waals surface area contributed by atoms with E-state index < -0.39 is 0 Å². The quantitative estimate of drug-likeness (QED) is 0.629. The zero-order valence-electron chi connectivity index (χ0n) is 19.4. The Bertz CT molecular complexity index is 887. The Balaban J connectivity index is 1.48. The zero-order valence-corrected chi connectivity index (χ0v) is 19.4. The number of hydrogen-bond acceptors (Lipinski definition) is 4. The third-order valence-electron chi connectivity index (χ3n) is 5.77. The van der Waals surface area contributed by atoms with Crippen LogP contribution in [0.15, 0.2) is 48.5 Å². The van der Waals surface area contributed by atoms with E-state index in [2.05, 4.69) is 47.6 Å². The minimum Gasteiger partial charge on any atom is -0.494 e. The van der Waals surface area contributed by atoms with Crippen LogP contribution in [0.3, 0.4) is 0 Å². The van der Waals surface area contributed by atoms with Crippen LogP contribution in [0.25, 0.3) is 0 Å². The lowest BCUT2D eigenvalue weighted by Gasteiger charge is -2.35. The lowest BCUT2D eigenvalue weighted by molar-refractivity contribution is -0.120. The summed E-state index contributed by atoms with van der Waals surface area (Å²) in [5, 5.41) is 5.61. The van der Waals surface area contributed by atoms with Gasteiger partial charge in [0.25, 0.3) is 5.91 Å². The first-order chi connectivity index (χ1) is 15.4. The number of carbonyl (C=O) groups excluding carboxylic acids is 2. The molecule has 1 aliphatic heterocycles. The van der Waals surface area contributed by atoms with E-state index in [4.69, 9.17) is 4.74 Å². The fourth-order valence-corrected chi connectivity index (χ4v) is 4.43. The molecule has 6 heteroatoms. The standard InChI is InChI=1S/C26H35N3O3/c1-4-32-24-11-9-21(10-12-24)26(31)28-15-25(30)27-14-22-7-5-6-8-23(22)18-29-16-19(2)13-20(3)17-29/h5-12,19-20H,4,13-18H2,1-3H3,(H,27,30)(H,28,31). The minimum atomic E-state index is -0.281. The molecule has 0 aromatic heterocycles.